The van der Waals surface area contributed by atoms with Gasteiger partial charge in [-0.1, -0.05) is 0 Å². The third-order valence-electron chi connectivity index (χ3n) is 0.333. The number of hydrogen-bond donors (Lipinski definition) is 0. The average molecular weight is 463 g/mol. The monoisotopic (exact) mass is 464 g/mol. The van der Waals surface area contributed by atoms with Crippen molar-refractivity contribution in [1.82, 2.24) is 0 Å². The summed E-state index contributed by atoms with van der Waals surface area (Å²) in [6, 6.07) is 0. The summed E-state index contributed by atoms with van der Waals surface area (Å²) >= 11 is 0. The first-order valence-electron chi connectivity index (χ1n) is 2.00. The molecule has 0 spiro atoms. The summed E-state index contributed by atoms with van der Waals surface area (Å²) in [5.41, 5.74) is 0. The summed E-state index contributed by atoms with van der Waals surface area (Å²) < 4.78 is 82.9. The van der Waals surface area contributed by atoms with Crippen LogP contribution < -0.4 is 0 Å². The van der Waals surface area contributed by atoms with Crippen LogP contribution in [0, 0.1) is 0 Å². The van der Waals surface area contributed by atoms with Crippen molar-refractivity contribution >= 4 is 58.5 Å². The van der Waals surface area contributed by atoms with Gasteiger partial charge in [-0.25, -0.2) is 16.8 Å². The fourth-order valence-electron chi connectivity index (χ4n) is 0.215. The van der Waals surface area contributed by atoms with Gasteiger partial charge in [0.05, 0.1) is 0 Å². The van der Waals surface area contributed by atoms with Crippen molar-refractivity contribution < 1.29 is 41.6 Å². The summed E-state index contributed by atoms with van der Waals surface area (Å²) in [5.74, 6) is 0. The Labute approximate surface area is 99.6 Å². The third kappa shape index (κ3) is 10.7. The van der Waals surface area contributed by atoms with Gasteiger partial charge in [0.15, 0.2) is 0 Å². The molecule has 0 N–H and O–H groups in total. The molecule has 0 saturated carbocycles. The molecule has 0 rings (SSSR count). The Hall–Kier alpha value is 0.612. The molecule has 0 bridgehead atoms. The van der Waals surface area contributed by atoms with Crippen molar-refractivity contribution in [2.75, 3.05) is 0 Å². The Morgan fingerprint density at radius 3 is 1.07 bits per heavy atom. The second-order valence-corrected chi connectivity index (χ2v) is 4.90. The zero-order valence-corrected chi connectivity index (χ0v) is 12.1. The van der Waals surface area contributed by atoms with E-state index in [2.05, 4.69) is 7.26 Å². The van der Waals surface area contributed by atoms with Crippen LogP contribution in [-0.2, 0) is 38.5 Å². The van der Waals surface area contributed by atoms with Crippen LogP contribution in [0.5, 0.6) is 0 Å². The molecule has 82 valence electrons. The molecular weight excluding hydrogens is 463 g/mol. The van der Waals surface area contributed by atoms with Crippen LogP contribution in [0.25, 0.3) is 0 Å². The Morgan fingerprint density at radius 1 is 0.714 bits per heavy atom. The maximum atomic E-state index is 10.1. The molecule has 0 saturated heterocycles. The van der Waals surface area contributed by atoms with Gasteiger partial charge in [-0.15, -0.1) is 7.26 Å². The summed E-state index contributed by atoms with van der Waals surface area (Å²) in [7, 11) is -17.1. The SMILES string of the molecule is O=S(=O)([O-])OS(=O)(=O)OS(=O)(=O)[O-].[Pb+2]. The van der Waals surface area contributed by atoms with Gasteiger partial charge in [0.2, 0.25) is 20.8 Å². The van der Waals surface area contributed by atoms with E-state index in [4.69, 9.17) is 0 Å². The first-order valence-corrected chi connectivity index (χ1v) is 6.00. The van der Waals surface area contributed by atoms with Gasteiger partial charge >= 0.3 is 37.7 Å². The molecule has 0 aliphatic carbocycles. The quantitative estimate of drug-likeness (QED) is 0.235. The topological polar surface area (TPSA) is 167 Å². The number of rotatable bonds is 4. The first-order chi connectivity index (χ1) is 5.41. The van der Waals surface area contributed by atoms with Crippen molar-refractivity contribution in [3.05, 3.63) is 0 Å². The molecule has 0 aliphatic heterocycles. The molecule has 14 heavy (non-hydrogen) atoms. The summed E-state index contributed by atoms with van der Waals surface area (Å²) in [5, 5.41) is 0. The van der Waals surface area contributed by atoms with Crippen molar-refractivity contribution in [2.45, 2.75) is 0 Å². The standard InChI is InChI=1S/H2O10S3.Pb/c1-11(2,3)9-13(7,8)10-12(4,5)6;/h(H,1,2,3)(H,4,5,6);/q;+2/p-2. The second-order valence-electron chi connectivity index (χ2n) is 1.36. The van der Waals surface area contributed by atoms with Gasteiger partial charge in [0.1, 0.15) is 0 Å². The zero-order chi connectivity index (χ0) is 10.9. The van der Waals surface area contributed by atoms with Gasteiger partial charge < -0.3 is 9.11 Å². The van der Waals surface area contributed by atoms with Crippen LogP contribution in [0.4, 0.5) is 0 Å². The predicted molar refractivity (Wildman–Crippen MR) is 36.2 cm³/mol. The molecule has 0 fully saturated rings. The maximum Gasteiger partial charge on any atom is 2.00 e. The molecule has 10 nitrogen and oxygen atoms in total. The molecule has 2 radical (unpaired) electrons. The van der Waals surface area contributed by atoms with E-state index in [1.54, 1.807) is 0 Å². The maximum absolute atomic E-state index is 10.1. The molecular formula is O10PbS3. The van der Waals surface area contributed by atoms with E-state index in [-0.39, 0.29) is 27.3 Å². The molecule has 0 atom stereocenters. The first kappa shape index (κ1) is 17.0. The van der Waals surface area contributed by atoms with E-state index in [0.717, 1.165) is 0 Å². The van der Waals surface area contributed by atoms with E-state index >= 15 is 0 Å². The summed E-state index contributed by atoms with van der Waals surface area (Å²) in [4.78, 5) is 0. The third-order valence-corrected chi connectivity index (χ3v) is 3.00. The van der Waals surface area contributed by atoms with Gasteiger partial charge in [0, 0.05) is 0 Å². The Bertz CT molecular complexity index is 419. The predicted octanol–water partition coefficient (Wildman–Crippen LogP) is -3.20. The second kappa shape index (κ2) is 5.10. The molecule has 0 aromatic rings. The zero-order valence-electron chi connectivity index (χ0n) is 5.81. The van der Waals surface area contributed by atoms with Crippen molar-refractivity contribution in [2.24, 2.45) is 0 Å². The molecule has 14 heteroatoms. The normalized spacial score (nSPS) is 13.3. The Kier molecular flexibility index (Phi) is 6.20. The van der Waals surface area contributed by atoms with Gasteiger partial charge in [-0.05, 0) is 0 Å². The fourth-order valence-corrected chi connectivity index (χ4v) is 2.14. The minimum atomic E-state index is -5.72. The Balaban J connectivity index is 0. The van der Waals surface area contributed by atoms with Crippen molar-refractivity contribution in [3.63, 3.8) is 0 Å². The summed E-state index contributed by atoms with van der Waals surface area (Å²) in [6.07, 6.45) is 0. The van der Waals surface area contributed by atoms with Crippen LogP contribution >= 0.6 is 0 Å². The largest absolute Gasteiger partial charge is 2.00 e. The van der Waals surface area contributed by atoms with Crippen LogP contribution in [0.1, 0.15) is 0 Å². The fraction of sp³-hybridized carbons (Fsp3) is 0. The Morgan fingerprint density at radius 2 is 0.929 bits per heavy atom. The van der Waals surface area contributed by atoms with Crippen LogP contribution in [0.2, 0.25) is 0 Å². The van der Waals surface area contributed by atoms with Crippen LogP contribution in [0.3, 0.4) is 0 Å². The molecule has 0 unspecified atom stereocenters. The van der Waals surface area contributed by atoms with Gasteiger partial charge in [0.25, 0.3) is 0 Å². The average Bonchev–Trinajstić information content (AvgIpc) is 1.43. The van der Waals surface area contributed by atoms with E-state index in [1.165, 1.54) is 0 Å². The molecule has 0 aromatic carbocycles. The van der Waals surface area contributed by atoms with E-state index in [0.29, 0.717) is 0 Å². The molecule has 0 heterocycles. The molecule has 0 amide bonds. The minimum Gasteiger partial charge on any atom is -0.725 e. The smallest absolute Gasteiger partial charge is 0.725 e. The van der Waals surface area contributed by atoms with Crippen molar-refractivity contribution in [1.29, 1.82) is 0 Å². The molecule has 0 aliphatic rings. The van der Waals surface area contributed by atoms with E-state index in [1.807, 2.05) is 0 Å². The van der Waals surface area contributed by atoms with E-state index in [9.17, 15) is 34.4 Å². The summed E-state index contributed by atoms with van der Waals surface area (Å²) in [6.45, 7) is 0. The van der Waals surface area contributed by atoms with Crippen molar-refractivity contribution in [3.8, 4) is 0 Å². The molecule has 0 aromatic heterocycles. The van der Waals surface area contributed by atoms with Crippen LogP contribution in [0.15, 0.2) is 0 Å². The number of hydrogen-bond acceptors (Lipinski definition) is 10. The minimum absolute atomic E-state index is 0. The van der Waals surface area contributed by atoms with Gasteiger partial charge in [-0.3, -0.25) is 0 Å². The van der Waals surface area contributed by atoms with Crippen LogP contribution in [-0.4, -0.2) is 61.7 Å². The van der Waals surface area contributed by atoms with E-state index < -0.39 is 31.2 Å². The van der Waals surface area contributed by atoms with Gasteiger partial charge in [-0.2, -0.15) is 8.42 Å².